The maximum atomic E-state index is 12.7. The lowest BCUT2D eigenvalue weighted by Crippen LogP contribution is -2.46. The predicted molar refractivity (Wildman–Crippen MR) is 74.6 cm³/mol. The minimum absolute atomic E-state index is 0.0755. The molecule has 19 heavy (non-hydrogen) atoms. The maximum absolute atomic E-state index is 12.7. The second-order valence-electron chi connectivity index (χ2n) is 5.60. The number of amides is 1. The molecule has 1 amide bonds. The van der Waals surface area contributed by atoms with E-state index in [1.807, 2.05) is 4.90 Å². The molecule has 1 aliphatic carbocycles. The smallest absolute Gasteiger partial charge is 0.243 e. The van der Waals surface area contributed by atoms with E-state index >= 15 is 0 Å². The molecular formula is C15H18N2OS. The molecule has 1 aromatic heterocycles. The zero-order valence-corrected chi connectivity index (χ0v) is 11.8. The first-order chi connectivity index (χ1) is 9.25. The number of rotatable bonds is 1. The first-order valence-corrected chi connectivity index (χ1v) is 7.89. The Labute approximate surface area is 117 Å². The zero-order valence-electron chi connectivity index (χ0n) is 11.0. The number of hydrogen-bond acceptors (Lipinski definition) is 3. The first-order valence-electron chi connectivity index (χ1n) is 7.01. The van der Waals surface area contributed by atoms with E-state index < -0.39 is 5.41 Å². The summed E-state index contributed by atoms with van der Waals surface area (Å²) in [7, 11) is 0. The molecule has 1 saturated carbocycles. The van der Waals surface area contributed by atoms with Gasteiger partial charge >= 0.3 is 0 Å². The van der Waals surface area contributed by atoms with Crippen LogP contribution in [0.1, 0.15) is 42.5 Å². The molecule has 0 unspecified atom stereocenters. The number of nitriles is 1. The monoisotopic (exact) mass is 274 g/mol. The summed E-state index contributed by atoms with van der Waals surface area (Å²) in [4.78, 5) is 16.1. The van der Waals surface area contributed by atoms with Crippen LogP contribution < -0.4 is 0 Å². The van der Waals surface area contributed by atoms with Crippen molar-refractivity contribution >= 4 is 17.2 Å². The molecule has 3 nitrogen and oxygen atoms in total. The average Bonchev–Trinajstić information content (AvgIpc) is 2.94. The van der Waals surface area contributed by atoms with Gasteiger partial charge in [0, 0.05) is 18.0 Å². The third-order valence-corrected chi connectivity index (χ3v) is 5.45. The quantitative estimate of drug-likeness (QED) is 0.790. The summed E-state index contributed by atoms with van der Waals surface area (Å²) >= 11 is 1.78. The minimum Gasteiger partial charge on any atom is -0.337 e. The fraction of sp³-hybridized carbons (Fsp3) is 0.600. The molecule has 1 aliphatic heterocycles. The molecule has 0 aromatic carbocycles. The Morgan fingerprint density at radius 1 is 1.37 bits per heavy atom. The Morgan fingerprint density at radius 3 is 2.89 bits per heavy atom. The largest absolute Gasteiger partial charge is 0.337 e. The van der Waals surface area contributed by atoms with Crippen molar-refractivity contribution < 1.29 is 4.79 Å². The molecule has 1 fully saturated rings. The molecular weight excluding hydrogens is 256 g/mol. The second kappa shape index (κ2) is 4.97. The van der Waals surface area contributed by atoms with Gasteiger partial charge < -0.3 is 4.90 Å². The molecule has 1 aromatic rings. The van der Waals surface area contributed by atoms with Crippen molar-refractivity contribution in [1.29, 1.82) is 5.26 Å². The lowest BCUT2D eigenvalue weighted by atomic mass is 9.74. The van der Waals surface area contributed by atoms with E-state index in [4.69, 9.17) is 0 Å². The van der Waals surface area contributed by atoms with Gasteiger partial charge in [0.25, 0.3) is 0 Å². The number of hydrogen-bond donors (Lipinski definition) is 0. The van der Waals surface area contributed by atoms with Gasteiger partial charge in [-0.1, -0.05) is 19.3 Å². The Hall–Kier alpha value is -1.34. The Kier molecular flexibility index (Phi) is 3.32. The molecule has 100 valence electrons. The fourth-order valence-corrected chi connectivity index (χ4v) is 4.14. The molecule has 2 heterocycles. The van der Waals surface area contributed by atoms with Crippen molar-refractivity contribution in [3.05, 3.63) is 21.9 Å². The summed E-state index contributed by atoms with van der Waals surface area (Å²) in [6.45, 7) is 1.47. The van der Waals surface area contributed by atoms with Crippen molar-refractivity contribution in [2.75, 3.05) is 6.54 Å². The van der Waals surface area contributed by atoms with Gasteiger partial charge in [-0.05, 0) is 36.3 Å². The highest BCUT2D eigenvalue weighted by Gasteiger charge is 2.43. The van der Waals surface area contributed by atoms with Crippen LogP contribution in [0.5, 0.6) is 0 Å². The van der Waals surface area contributed by atoms with Crippen LogP contribution in [-0.4, -0.2) is 17.4 Å². The highest BCUT2D eigenvalue weighted by molar-refractivity contribution is 7.10. The van der Waals surface area contributed by atoms with Crippen molar-refractivity contribution in [1.82, 2.24) is 4.90 Å². The third-order valence-electron chi connectivity index (χ3n) is 4.43. The number of thiophene rings is 1. The lowest BCUT2D eigenvalue weighted by Gasteiger charge is -2.36. The van der Waals surface area contributed by atoms with Gasteiger partial charge in [-0.2, -0.15) is 5.26 Å². The van der Waals surface area contributed by atoms with Crippen LogP contribution in [0.25, 0.3) is 0 Å². The summed E-state index contributed by atoms with van der Waals surface area (Å²) < 4.78 is 0. The van der Waals surface area contributed by atoms with Crippen LogP contribution >= 0.6 is 11.3 Å². The van der Waals surface area contributed by atoms with E-state index in [9.17, 15) is 10.1 Å². The van der Waals surface area contributed by atoms with Crippen LogP contribution in [-0.2, 0) is 17.8 Å². The van der Waals surface area contributed by atoms with E-state index in [2.05, 4.69) is 17.5 Å². The fourth-order valence-electron chi connectivity index (χ4n) is 3.25. The standard InChI is InChI=1S/C15H18N2OS/c16-11-15(6-2-1-3-7-15)14(18)17-8-4-13-12(10-17)5-9-19-13/h5,9H,1-4,6-8,10H2. The summed E-state index contributed by atoms with van der Waals surface area (Å²) in [5, 5.41) is 11.6. The number of carbonyl (C=O) groups excluding carboxylic acids is 1. The summed E-state index contributed by atoms with van der Waals surface area (Å²) in [6.07, 6.45) is 5.62. The molecule has 3 rings (SSSR count). The van der Waals surface area contributed by atoms with Gasteiger partial charge in [0.2, 0.25) is 5.91 Å². The van der Waals surface area contributed by atoms with Gasteiger partial charge in [0.15, 0.2) is 0 Å². The zero-order chi connectivity index (χ0) is 13.3. The number of nitrogens with zero attached hydrogens (tertiary/aromatic N) is 2. The van der Waals surface area contributed by atoms with Crippen LogP contribution in [0, 0.1) is 16.7 Å². The molecule has 0 atom stereocenters. The molecule has 0 spiro atoms. The van der Waals surface area contributed by atoms with Crippen molar-refractivity contribution in [3.8, 4) is 6.07 Å². The van der Waals surface area contributed by atoms with Crippen molar-refractivity contribution in [2.45, 2.75) is 45.1 Å². The van der Waals surface area contributed by atoms with E-state index in [0.717, 1.165) is 45.1 Å². The van der Waals surface area contributed by atoms with E-state index in [0.29, 0.717) is 6.54 Å². The highest BCUT2D eigenvalue weighted by atomic mass is 32.1. The topological polar surface area (TPSA) is 44.1 Å². The first kappa shape index (κ1) is 12.7. The molecule has 0 N–H and O–H groups in total. The van der Waals surface area contributed by atoms with Crippen LogP contribution in [0.2, 0.25) is 0 Å². The predicted octanol–water partition coefficient (Wildman–Crippen LogP) is 3.11. The van der Waals surface area contributed by atoms with Crippen LogP contribution in [0.4, 0.5) is 0 Å². The van der Waals surface area contributed by atoms with Gasteiger partial charge in [-0.3, -0.25) is 4.79 Å². The summed E-state index contributed by atoms with van der Waals surface area (Å²) in [5.41, 5.74) is 0.541. The second-order valence-corrected chi connectivity index (χ2v) is 6.60. The van der Waals surface area contributed by atoms with Gasteiger partial charge in [-0.25, -0.2) is 0 Å². The molecule has 0 radical (unpaired) electrons. The number of fused-ring (bicyclic) bond motifs is 1. The Bertz CT molecular complexity index is 522. The molecule has 4 heteroatoms. The van der Waals surface area contributed by atoms with Gasteiger partial charge in [0.05, 0.1) is 6.07 Å². The van der Waals surface area contributed by atoms with Crippen LogP contribution in [0.3, 0.4) is 0 Å². The SMILES string of the molecule is N#CC1(C(=O)N2CCc3sccc3C2)CCCCC1. The van der Waals surface area contributed by atoms with Crippen LogP contribution in [0.15, 0.2) is 11.4 Å². The molecule has 2 aliphatic rings. The minimum atomic E-state index is -0.730. The summed E-state index contributed by atoms with van der Waals surface area (Å²) in [5.74, 6) is 0.0755. The van der Waals surface area contributed by atoms with Crippen molar-refractivity contribution in [3.63, 3.8) is 0 Å². The third kappa shape index (κ3) is 2.17. The molecule has 0 bridgehead atoms. The van der Waals surface area contributed by atoms with Gasteiger partial charge in [-0.15, -0.1) is 11.3 Å². The Morgan fingerprint density at radius 2 is 2.16 bits per heavy atom. The van der Waals surface area contributed by atoms with E-state index in [1.54, 1.807) is 11.3 Å². The summed E-state index contributed by atoms with van der Waals surface area (Å²) in [6, 6.07) is 4.45. The molecule has 0 saturated heterocycles. The highest BCUT2D eigenvalue weighted by Crippen LogP contribution is 2.38. The van der Waals surface area contributed by atoms with E-state index in [-0.39, 0.29) is 5.91 Å². The lowest BCUT2D eigenvalue weighted by molar-refractivity contribution is -0.141. The Balaban J connectivity index is 1.79. The average molecular weight is 274 g/mol. The normalized spacial score (nSPS) is 21.5. The van der Waals surface area contributed by atoms with Gasteiger partial charge in [0.1, 0.15) is 5.41 Å². The van der Waals surface area contributed by atoms with Crippen molar-refractivity contribution in [2.24, 2.45) is 5.41 Å². The van der Waals surface area contributed by atoms with E-state index in [1.165, 1.54) is 10.4 Å². The maximum Gasteiger partial charge on any atom is 0.243 e. The number of carbonyl (C=O) groups is 1.